The van der Waals surface area contributed by atoms with Crippen LogP contribution in [0.3, 0.4) is 0 Å². The summed E-state index contributed by atoms with van der Waals surface area (Å²) in [4.78, 5) is 0. The summed E-state index contributed by atoms with van der Waals surface area (Å²) in [6.45, 7) is 2.13. The molecule has 3 heteroatoms. The molecule has 0 aliphatic heterocycles. The van der Waals surface area contributed by atoms with Crippen LogP contribution in [0.1, 0.15) is 24.3 Å². The second-order valence-electron chi connectivity index (χ2n) is 3.33. The molecule has 0 saturated carbocycles. The Kier molecular flexibility index (Phi) is 4.59. The van der Waals surface area contributed by atoms with Crippen LogP contribution in [0.15, 0.2) is 18.2 Å². The highest BCUT2D eigenvalue weighted by molar-refractivity contribution is 5.38. The van der Waals surface area contributed by atoms with Gasteiger partial charge in [0.2, 0.25) is 0 Å². The Morgan fingerprint density at radius 1 is 1.33 bits per heavy atom. The van der Waals surface area contributed by atoms with Crippen molar-refractivity contribution in [2.24, 2.45) is 0 Å². The van der Waals surface area contributed by atoms with Crippen molar-refractivity contribution < 1.29 is 9.47 Å². The first-order valence-electron chi connectivity index (χ1n) is 5.13. The van der Waals surface area contributed by atoms with E-state index in [4.69, 9.17) is 9.47 Å². The maximum absolute atomic E-state index is 5.34. The van der Waals surface area contributed by atoms with Crippen molar-refractivity contribution in [1.29, 1.82) is 0 Å². The summed E-state index contributed by atoms with van der Waals surface area (Å²) in [5.41, 5.74) is 2.32. The molecule has 0 spiro atoms. The zero-order valence-electron chi connectivity index (χ0n) is 9.83. The number of nitrogens with one attached hydrogen (secondary N) is 1. The standard InChI is InChI=1S/C12H19NO2/c1-5-9-6-7-11(14-3)10(8-9)12(13-2)15-4/h6-8,12-13H,5H2,1-4H3. The molecule has 0 aliphatic rings. The largest absolute Gasteiger partial charge is 0.496 e. The summed E-state index contributed by atoms with van der Waals surface area (Å²) < 4.78 is 10.6. The van der Waals surface area contributed by atoms with Crippen molar-refractivity contribution in [3.05, 3.63) is 29.3 Å². The van der Waals surface area contributed by atoms with Gasteiger partial charge < -0.3 is 9.47 Å². The molecule has 1 N–H and O–H groups in total. The Labute approximate surface area is 91.4 Å². The molecule has 0 fully saturated rings. The van der Waals surface area contributed by atoms with Crippen LogP contribution < -0.4 is 10.1 Å². The van der Waals surface area contributed by atoms with Crippen molar-refractivity contribution >= 4 is 0 Å². The first-order valence-corrected chi connectivity index (χ1v) is 5.13. The Hall–Kier alpha value is -1.06. The average molecular weight is 209 g/mol. The second kappa shape index (κ2) is 5.73. The fourth-order valence-corrected chi connectivity index (χ4v) is 1.61. The van der Waals surface area contributed by atoms with Crippen LogP contribution in [-0.2, 0) is 11.2 Å². The van der Waals surface area contributed by atoms with E-state index in [1.54, 1.807) is 14.2 Å². The maximum atomic E-state index is 5.34. The van der Waals surface area contributed by atoms with Crippen molar-refractivity contribution in [1.82, 2.24) is 5.32 Å². The molecule has 1 aromatic rings. The van der Waals surface area contributed by atoms with Gasteiger partial charge in [-0.2, -0.15) is 0 Å². The van der Waals surface area contributed by atoms with Crippen LogP contribution >= 0.6 is 0 Å². The smallest absolute Gasteiger partial charge is 0.137 e. The molecule has 1 rings (SSSR count). The molecule has 0 aliphatic carbocycles. The number of hydrogen-bond acceptors (Lipinski definition) is 3. The predicted molar refractivity (Wildman–Crippen MR) is 61.2 cm³/mol. The summed E-state index contributed by atoms with van der Waals surface area (Å²) in [5, 5.41) is 3.09. The Morgan fingerprint density at radius 2 is 2.07 bits per heavy atom. The summed E-state index contributed by atoms with van der Waals surface area (Å²) in [7, 11) is 5.22. The third-order valence-electron chi connectivity index (χ3n) is 2.48. The van der Waals surface area contributed by atoms with Gasteiger partial charge in [0, 0.05) is 12.7 Å². The lowest BCUT2D eigenvalue weighted by molar-refractivity contribution is 0.0786. The number of aryl methyl sites for hydroxylation is 1. The Bertz CT molecular complexity index is 308. The van der Waals surface area contributed by atoms with E-state index < -0.39 is 0 Å². The van der Waals surface area contributed by atoms with Crippen molar-refractivity contribution in [2.45, 2.75) is 19.6 Å². The molecule has 0 radical (unpaired) electrons. The highest BCUT2D eigenvalue weighted by Gasteiger charge is 2.13. The van der Waals surface area contributed by atoms with E-state index in [1.807, 2.05) is 13.1 Å². The predicted octanol–water partition coefficient (Wildman–Crippen LogP) is 2.12. The highest BCUT2D eigenvalue weighted by Crippen LogP contribution is 2.26. The maximum Gasteiger partial charge on any atom is 0.137 e. The van der Waals surface area contributed by atoms with Gasteiger partial charge >= 0.3 is 0 Å². The summed E-state index contributed by atoms with van der Waals surface area (Å²) in [6.07, 6.45) is 0.892. The zero-order chi connectivity index (χ0) is 11.3. The molecule has 1 unspecified atom stereocenters. The molecular weight excluding hydrogens is 190 g/mol. The van der Waals surface area contributed by atoms with E-state index in [9.17, 15) is 0 Å². The van der Waals surface area contributed by atoms with Gasteiger partial charge in [0.15, 0.2) is 0 Å². The SMILES string of the molecule is CCc1ccc(OC)c(C(NC)OC)c1. The molecule has 15 heavy (non-hydrogen) atoms. The minimum Gasteiger partial charge on any atom is -0.496 e. The van der Waals surface area contributed by atoms with E-state index in [2.05, 4.69) is 24.4 Å². The number of benzene rings is 1. The Balaban J connectivity index is 3.09. The van der Waals surface area contributed by atoms with Crippen molar-refractivity contribution in [3.63, 3.8) is 0 Å². The number of methoxy groups -OCH3 is 2. The van der Waals surface area contributed by atoms with Crippen LogP contribution in [0.2, 0.25) is 0 Å². The topological polar surface area (TPSA) is 30.5 Å². The number of rotatable bonds is 5. The minimum atomic E-state index is -0.119. The van der Waals surface area contributed by atoms with Crippen LogP contribution in [0.5, 0.6) is 5.75 Å². The van der Waals surface area contributed by atoms with E-state index >= 15 is 0 Å². The average Bonchev–Trinajstić information content (AvgIpc) is 2.30. The molecule has 0 amide bonds. The molecular formula is C12H19NO2. The molecule has 1 aromatic carbocycles. The zero-order valence-corrected chi connectivity index (χ0v) is 9.83. The number of ether oxygens (including phenoxy) is 2. The molecule has 1 atom stereocenters. The lowest BCUT2D eigenvalue weighted by Gasteiger charge is -2.18. The second-order valence-corrected chi connectivity index (χ2v) is 3.33. The lowest BCUT2D eigenvalue weighted by Crippen LogP contribution is -2.19. The fourth-order valence-electron chi connectivity index (χ4n) is 1.61. The fraction of sp³-hybridized carbons (Fsp3) is 0.500. The van der Waals surface area contributed by atoms with Gasteiger partial charge in [0.25, 0.3) is 0 Å². The van der Waals surface area contributed by atoms with Gasteiger partial charge in [-0.15, -0.1) is 0 Å². The third-order valence-corrected chi connectivity index (χ3v) is 2.48. The summed E-state index contributed by atoms with van der Waals surface area (Å²) >= 11 is 0. The van der Waals surface area contributed by atoms with Gasteiger partial charge in [-0.25, -0.2) is 0 Å². The molecule has 3 nitrogen and oxygen atoms in total. The van der Waals surface area contributed by atoms with E-state index in [0.29, 0.717) is 0 Å². The molecule has 0 aromatic heterocycles. The molecule has 0 heterocycles. The number of hydrogen-bond donors (Lipinski definition) is 1. The van der Waals surface area contributed by atoms with Crippen LogP contribution in [0.25, 0.3) is 0 Å². The van der Waals surface area contributed by atoms with Gasteiger partial charge in [0.05, 0.1) is 7.11 Å². The summed E-state index contributed by atoms with van der Waals surface area (Å²) in [5.74, 6) is 0.855. The van der Waals surface area contributed by atoms with Crippen LogP contribution in [0.4, 0.5) is 0 Å². The molecule has 0 bridgehead atoms. The monoisotopic (exact) mass is 209 g/mol. The normalized spacial score (nSPS) is 12.5. The van der Waals surface area contributed by atoms with E-state index in [0.717, 1.165) is 17.7 Å². The van der Waals surface area contributed by atoms with Crippen molar-refractivity contribution in [2.75, 3.05) is 21.3 Å². The van der Waals surface area contributed by atoms with Gasteiger partial charge in [-0.1, -0.05) is 13.0 Å². The highest BCUT2D eigenvalue weighted by atomic mass is 16.5. The Morgan fingerprint density at radius 3 is 2.53 bits per heavy atom. The minimum absolute atomic E-state index is 0.119. The lowest BCUT2D eigenvalue weighted by atomic mass is 10.1. The van der Waals surface area contributed by atoms with Gasteiger partial charge in [-0.05, 0) is 31.2 Å². The summed E-state index contributed by atoms with van der Waals surface area (Å²) in [6, 6.07) is 6.17. The first-order chi connectivity index (χ1) is 7.26. The molecule has 0 saturated heterocycles. The van der Waals surface area contributed by atoms with E-state index in [-0.39, 0.29) is 6.23 Å². The quantitative estimate of drug-likeness (QED) is 0.753. The van der Waals surface area contributed by atoms with E-state index in [1.165, 1.54) is 5.56 Å². The van der Waals surface area contributed by atoms with Crippen molar-refractivity contribution in [3.8, 4) is 5.75 Å². The van der Waals surface area contributed by atoms with Crippen LogP contribution in [0, 0.1) is 0 Å². The molecule has 84 valence electrons. The first kappa shape index (κ1) is 12.0. The van der Waals surface area contributed by atoms with Gasteiger partial charge in [-0.3, -0.25) is 5.32 Å². The van der Waals surface area contributed by atoms with Crippen LogP contribution in [-0.4, -0.2) is 21.3 Å². The third kappa shape index (κ3) is 2.70. The van der Waals surface area contributed by atoms with Gasteiger partial charge in [0.1, 0.15) is 12.0 Å².